The molecule has 3 rings (SSSR count). The molecule has 1 unspecified atom stereocenters. The first-order chi connectivity index (χ1) is 10.4. The lowest BCUT2D eigenvalue weighted by atomic mass is 10.1. The third-order valence-corrected chi connectivity index (χ3v) is 4.36. The maximum absolute atomic E-state index is 13.2. The average molecular weight is 313 g/mol. The summed E-state index contributed by atoms with van der Waals surface area (Å²) in [5.74, 6) is 0.206. The number of halogens is 3. The van der Waals surface area contributed by atoms with Crippen molar-refractivity contribution >= 4 is 11.0 Å². The minimum Gasteiger partial charge on any atom is -0.306 e. The number of fused-ring (bicyclic) bond motifs is 1. The molecule has 0 bridgehead atoms. The Kier molecular flexibility index (Phi) is 3.76. The SMILES string of the molecule is CCN1CCC(Cn2c(=O)[nH]c3cccc(C(F)(F)F)c32)C1. The first-order valence-corrected chi connectivity index (χ1v) is 7.41. The van der Waals surface area contributed by atoms with E-state index in [1.807, 2.05) is 0 Å². The molecule has 1 aromatic carbocycles. The molecule has 0 aliphatic carbocycles. The number of hydrogen-bond acceptors (Lipinski definition) is 2. The van der Waals surface area contributed by atoms with Crippen molar-refractivity contribution < 1.29 is 13.2 Å². The molecule has 1 saturated heterocycles. The van der Waals surface area contributed by atoms with Gasteiger partial charge in [0.25, 0.3) is 0 Å². The van der Waals surface area contributed by atoms with Crippen LogP contribution in [-0.2, 0) is 12.7 Å². The van der Waals surface area contributed by atoms with Gasteiger partial charge in [0.2, 0.25) is 0 Å². The molecule has 1 aliphatic heterocycles. The maximum Gasteiger partial charge on any atom is 0.418 e. The van der Waals surface area contributed by atoms with Crippen LogP contribution in [0.4, 0.5) is 13.2 Å². The Morgan fingerprint density at radius 2 is 2.14 bits per heavy atom. The topological polar surface area (TPSA) is 41.0 Å². The second-order valence-electron chi connectivity index (χ2n) is 5.79. The summed E-state index contributed by atoms with van der Waals surface area (Å²) in [7, 11) is 0. The van der Waals surface area contributed by atoms with E-state index in [2.05, 4.69) is 16.8 Å². The highest BCUT2D eigenvalue weighted by Crippen LogP contribution is 2.34. The lowest BCUT2D eigenvalue weighted by molar-refractivity contribution is -0.136. The number of imidazole rings is 1. The van der Waals surface area contributed by atoms with Gasteiger partial charge in [-0.05, 0) is 37.6 Å². The van der Waals surface area contributed by atoms with Crippen LogP contribution < -0.4 is 5.69 Å². The normalized spacial score (nSPS) is 20.1. The fraction of sp³-hybridized carbons (Fsp3) is 0.533. The number of likely N-dealkylation sites (tertiary alicyclic amines) is 1. The minimum absolute atomic E-state index is 0.0325. The van der Waals surface area contributed by atoms with Gasteiger partial charge in [-0.3, -0.25) is 4.57 Å². The van der Waals surface area contributed by atoms with Crippen LogP contribution in [0, 0.1) is 5.92 Å². The summed E-state index contributed by atoms with van der Waals surface area (Å²) in [6, 6.07) is 3.86. The smallest absolute Gasteiger partial charge is 0.306 e. The maximum atomic E-state index is 13.2. The van der Waals surface area contributed by atoms with Crippen molar-refractivity contribution in [2.75, 3.05) is 19.6 Å². The van der Waals surface area contributed by atoms with Gasteiger partial charge in [-0.15, -0.1) is 0 Å². The molecule has 4 nitrogen and oxygen atoms in total. The molecule has 22 heavy (non-hydrogen) atoms. The molecule has 0 saturated carbocycles. The van der Waals surface area contributed by atoms with Gasteiger partial charge in [0, 0.05) is 13.1 Å². The number of hydrogen-bond donors (Lipinski definition) is 1. The summed E-state index contributed by atoms with van der Waals surface area (Å²) in [6.45, 7) is 5.06. The van der Waals surface area contributed by atoms with Crippen LogP contribution in [0.1, 0.15) is 18.9 Å². The molecule has 7 heteroatoms. The van der Waals surface area contributed by atoms with Gasteiger partial charge in [-0.2, -0.15) is 13.2 Å². The molecule has 120 valence electrons. The van der Waals surface area contributed by atoms with E-state index < -0.39 is 17.4 Å². The summed E-state index contributed by atoms with van der Waals surface area (Å²) >= 11 is 0. The van der Waals surface area contributed by atoms with Gasteiger partial charge >= 0.3 is 11.9 Å². The van der Waals surface area contributed by atoms with Crippen LogP contribution in [0.15, 0.2) is 23.0 Å². The Labute approximate surface area is 125 Å². The lowest BCUT2D eigenvalue weighted by Gasteiger charge is -2.15. The van der Waals surface area contributed by atoms with Gasteiger partial charge in [0.1, 0.15) is 0 Å². The van der Waals surface area contributed by atoms with E-state index >= 15 is 0 Å². The molecule has 0 spiro atoms. The Balaban J connectivity index is 2.02. The van der Waals surface area contributed by atoms with Gasteiger partial charge < -0.3 is 9.88 Å². The van der Waals surface area contributed by atoms with Crippen molar-refractivity contribution in [3.63, 3.8) is 0 Å². The summed E-state index contributed by atoms with van der Waals surface area (Å²) in [5, 5.41) is 0. The minimum atomic E-state index is -4.47. The number of benzene rings is 1. The van der Waals surface area contributed by atoms with Crippen molar-refractivity contribution in [3.8, 4) is 0 Å². The number of para-hydroxylation sites is 1. The molecular weight excluding hydrogens is 295 g/mol. The van der Waals surface area contributed by atoms with Crippen molar-refractivity contribution in [2.24, 2.45) is 5.92 Å². The summed E-state index contributed by atoms with van der Waals surface area (Å²) in [4.78, 5) is 16.9. The highest BCUT2D eigenvalue weighted by Gasteiger charge is 2.35. The number of nitrogens with zero attached hydrogens (tertiary/aromatic N) is 2. The molecule has 0 radical (unpaired) electrons. The predicted octanol–water partition coefficient (Wildman–Crippen LogP) is 2.69. The first-order valence-electron chi connectivity index (χ1n) is 7.41. The number of H-pyrrole nitrogens is 1. The molecule has 2 aromatic rings. The van der Waals surface area contributed by atoms with E-state index in [4.69, 9.17) is 0 Å². The zero-order valence-corrected chi connectivity index (χ0v) is 12.3. The van der Waals surface area contributed by atoms with Crippen molar-refractivity contribution in [1.29, 1.82) is 0 Å². The highest BCUT2D eigenvalue weighted by atomic mass is 19.4. The van der Waals surface area contributed by atoms with Crippen molar-refractivity contribution in [1.82, 2.24) is 14.5 Å². The second kappa shape index (κ2) is 5.46. The summed E-state index contributed by atoms with van der Waals surface area (Å²) in [6.07, 6.45) is -3.57. The van der Waals surface area contributed by atoms with E-state index in [-0.39, 0.29) is 17.0 Å². The fourth-order valence-corrected chi connectivity index (χ4v) is 3.23. The molecule has 1 aromatic heterocycles. The Bertz CT molecular complexity index is 732. The zero-order valence-electron chi connectivity index (χ0n) is 12.3. The van der Waals surface area contributed by atoms with Gasteiger partial charge in [-0.25, -0.2) is 4.79 Å². The van der Waals surface area contributed by atoms with E-state index in [0.717, 1.165) is 32.1 Å². The Morgan fingerprint density at radius 3 is 2.77 bits per heavy atom. The lowest BCUT2D eigenvalue weighted by Crippen LogP contribution is -2.25. The molecule has 1 N–H and O–H groups in total. The van der Waals surface area contributed by atoms with E-state index in [1.54, 1.807) is 0 Å². The zero-order chi connectivity index (χ0) is 15.9. The highest BCUT2D eigenvalue weighted by molar-refractivity contribution is 5.79. The van der Waals surface area contributed by atoms with E-state index in [9.17, 15) is 18.0 Å². The van der Waals surface area contributed by atoms with E-state index in [0.29, 0.717) is 6.54 Å². The van der Waals surface area contributed by atoms with Crippen LogP contribution in [0.2, 0.25) is 0 Å². The standard InChI is InChI=1S/C15H18F3N3O/c1-2-20-7-6-10(8-20)9-21-13-11(15(16,17)18)4-3-5-12(13)19-14(21)22/h3-5,10H,2,6-9H2,1H3,(H,19,22). The molecule has 1 atom stereocenters. The van der Waals surface area contributed by atoms with Crippen LogP contribution in [0.3, 0.4) is 0 Å². The van der Waals surface area contributed by atoms with Crippen LogP contribution in [0.5, 0.6) is 0 Å². The van der Waals surface area contributed by atoms with Gasteiger partial charge in [0.05, 0.1) is 16.6 Å². The van der Waals surface area contributed by atoms with E-state index in [1.165, 1.54) is 16.7 Å². The second-order valence-corrected chi connectivity index (χ2v) is 5.79. The number of nitrogens with one attached hydrogen (secondary N) is 1. The van der Waals surface area contributed by atoms with Crippen LogP contribution in [-0.4, -0.2) is 34.1 Å². The van der Waals surface area contributed by atoms with Gasteiger partial charge in [-0.1, -0.05) is 13.0 Å². The number of alkyl halides is 3. The average Bonchev–Trinajstić information content (AvgIpc) is 3.03. The third kappa shape index (κ3) is 2.65. The van der Waals surface area contributed by atoms with Crippen molar-refractivity contribution in [3.05, 3.63) is 34.2 Å². The molecule has 2 heterocycles. The fourth-order valence-electron chi connectivity index (χ4n) is 3.23. The first kappa shape index (κ1) is 15.1. The summed E-state index contributed by atoms with van der Waals surface area (Å²) in [5.41, 5.74) is -1.02. The third-order valence-electron chi connectivity index (χ3n) is 4.36. The largest absolute Gasteiger partial charge is 0.418 e. The molecule has 1 aliphatic rings. The summed E-state index contributed by atoms with van der Waals surface area (Å²) < 4.78 is 40.9. The van der Waals surface area contributed by atoms with Crippen LogP contribution in [0.25, 0.3) is 11.0 Å². The predicted molar refractivity (Wildman–Crippen MR) is 77.8 cm³/mol. The molecule has 1 fully saturated rings. The Hall–Kier alpha value is -1.76. The number of aromatic nitrogens is 2. The number of aromatic amines is 1. The Morgan fingerprint density at radius 1 is 1.36 bits per heavy atom. The van der Waals surface area contributed by atoms with Crippen LogP contribution >= 0.6 is 0 Å². The molecule has 0 amide bonds. The van der Waals surface area contributed by atoms with Gasteiger partial charge in [0.15, 0.2) is 0 Å². The monoisotopic (exact) mass is 313 g/mol. The molecular formula is C15H18F3N3O. The quantitative estimate of drug-likeness (QED) is 0.946. The van der Waals surface area contributed by atoms with Crippen molar-refractivity contribution in [2.45, 2.75) is 26.1 Å². The number of rotatable bonds is 3.